The van der Waals surface area contributed by atoms with E-state index in [-0.39, 0.29) is 40.8 Å². The van der Waals surface area contributed by atoms with Gasteiger partial charge in [0.25, 0.3) is 0 Å². The zero-order valence-electron chi connectivity index (χ0n) is 13.1. The van der Waals surface area contributed by atoms with Gasteiger partial charge < -0.3 is 10.5 Å². The number of nitrogens with zero attached hydrogens (tertiary/aromatic N) is 1. The highest BCUT2D eigenvalue weighted by Gasteiger charge is 2.33. The number of hydrogen-bond acceptors (Lipinski definition) is 2. The molecular formula is C16H11ClF6N2O. The summed E-state index contributed by atoms with van der Waals surface area (Å²) in [5, 5.41) is 0. The number of aliphatic imine (C=N–C) groups is 1. The Bertz CT molecular complexity index is 844. The second-order valence-corrected chi connectivity index (χ2v) is 5.44. The van der Waals surface area contributed by atoms with Crippen LogP contribution in [0.2, 0.25) is 0 Å². The monoisotopic (exact) mass is 396 g/mol. The van der Waals surface area contributed by atoms with E-state index in [1.54, 1.807) is 0 Å². The summed E-state index contributed by atoms with van der Waals surface area (Å²) in [5.74, 6) is -5.51. The number of nitrogens with two attached hydrogens (primary N) is 1. The van der Waals surface area contributed by atoms with Gasteiger partial charge in [-0.1, -0.05) is 0 Å². The molecule has 2 aromatic rings. The van der Waals surface area contributed by atoms with E-state index in [1.807, 2.05) is 0 Å². The minimum Gasteiger partial charge on any atom is -0.451 e. The smallest absolute Gasteiger partial charge is 0.416 e. The average Bonchev–Trinajstić information content (AvgIpc) is 2.53. The van der Waals surface area contributed by atoms with Gasteiger partial charge in [-0.3, -0.25) is 0 Å². The van der Waals surface area contributed by atoms with Gasteiger partial charge in [0.05, 0.1) is 11.4 Å². The van der Waals surface area contributed by atoms with Crippen LogP contribution in [-0.2, 0) is 6.18 Å². The predicted molar refractivity (Wildman–Crippen MR) is 84.6 cm³/mol. The molecule has 0 aliphatic heterocycles. The second-order valence-electron chi connectivity index (χ2n) is 5.17. The van der Waals surface area contributed by atoms with Crippen molar-refractivity contribution in [2.24, 2.45) is 10.7 Å². The van der Waals surface area contributed by atoms with Gasteiger partial charge >= 0.3 is 6.18 Å². The van der Waals surface area contributed by atoms with E-state index in [9.17, 15) is 26.3 Å². The molecule has 0 heterocycles. The fourth-order valence-electron chi connectivity index (χ4n) is 1.95. The third kappa shape index (κ3) is 4.40. The normalized spacial score (nSPS) is 12.4. The molecule has 0 bridgehead atoms. The fourth-order valence-corrected chi connectivity index (χ4v) is 2.01. The number of benzene rings is 2. The van der Waals surface area contributed by atoms with Crippen molar-refractivity contribution in [2.75, 3.05) is 5.88 Å². The summed E-state index contributed by atoms with van der Waals surface area (Å²) in [5.41, 5.74) is 3.72. The lowest BCUT2D eigenvalue weighted by molar-refractivity contribution is -0.138. The maximum atomic E-state index is 13.9. The minimum absolute atomic E-state index is 0.0990. The van der Waals surface area contributed by atoms with Crippen LogP contribution >= 0.6 is 11.6 Å². The van der Waals surface area contributed by atoms with Crippen LogP contribution in [0.5, 0.6) is 11.5 Å². The fraction of sp³-hybridized carbons (Fsp3) is 0.188. The van der Waals surface area contributed by atoms with E-state index in [0.29, 0.717) is 0 Å². The molecule has 0 saturated carbocycles. The topological polar surface area (TPSA) is 47.6 Å². The molecule has 0 aliphatic rings. The molecule has 0 radical (unpaired) electrons. The molecule has 0 unspecified atom stereocenters. The highest BCUT2D eigenvalue weighted by Crippen LogP contribution is 2.37. The SMILES string of the molecule is Cc1cc(F)c(N=C(N)CCl)cc1Oc1c(F)cc(C(F)(F)F)cc1F. The zero-order chi connectivity index (χ0) is 19.6. The molecule has 10 heteroatoms. The molecule has 0 amide bonds. The maximum absolute atomic E-state index is 13.9. The van der Waals surface area contributed by atoms with Crippen molar-refractivity contribution >= 4 is 23.1 Å². The van der Waals surface area contributed by atoms with E-state index in [1.165, 1.54) is 6.92 Å². The van der Waals surface area contributed by atoms with Crippen molar-refractivity contribution in [3.8, 4) is 11.5 Å². The van der Waals surface area contributed by atoms with Gasteiger partial charge in [-0.15, -0.1) is 11.6 Å². The Hall–Kier alpha value is -2.42. The van der Waals surface area contributed by atoms with Gasteiger partial charge in [-0.05, 0) is 30.7 Å². The molecule has 2 aromatic carbocycles. The summed E-state index contributed by atoms with van der Waals surface area (Å²) in [6.45, 7) is 1.37. The summed E-state index contributed by atoms with van der Waals surface area (Å²) >= 11 is 5.45. The summed E-state index contributed by atoms with van der Waals surface area (Å²) in [6.07, 6.45) is -4.92. The molecule has 0 spiro atoms. The minimum atomic E-state index is -4.92. The van der Waals surface area contributed by atoms with Crippen LogP contribution in [-0.4, -0.2) is 11.7 Å². The molecule has 2 N–H and O–H groups in total. The van der Waals surface area contributed by atoms with Gasteiger partial charge in [-0.2, -0.15) is 13.2 Å². The molecule has 3 nitrogen and oxygen atoms in total. The quantitative estimate of drug-likeness (QED) is 0.323. The number of rotatable bonds is 4. The Balaban J connectivity index is 2.47. The molecule has 0 aliphatic carbocycles. The van der Waals surface area contributed by atoms with Crippen LogP contribution in [0.1, 0.15) is 11.1 Å². The number of aryl methyl sites for hydroxylation is 1. The van der Waals surface area contributed by atoms with Gasteiger partial charge in [0, 0.05) is 6.07 Å². The molecule has 0 atom stereocenters. The lowest BCUT2D eigenvalue weighted by atomic mass is 10.1. The Kier molecular flexibility index (Phi) is 5.70. The first-order valence-corrected chi connectivity index (χ1v) is 7.49. The van der Waals surface area contributed by atoms with Crippen LogP contribution in [0.25, 0.3) is 0 Å². The van der Waals surface area contributed by atoms with Gasteiger partial charge in [-0.25, -0.2) is 18.2 Å². The molecule has 0 fully saturated rings. The van der Waals surface area contributed by atoms with Crippen LogP contribution < -0.4 is 10.5 Å². The van der Waals surface area contributed by atoms with Crippen molar-refractivity contribution in [2.45, 2.75) is 13.1 Å². The van der Waals surface area contributed by atoms with Crippen molar-refractivity contribution in [1.29, 1.82) is 0 Å². The van der Waals surface area contributed by atoms with Gasteiger partial charge in [0.2, 0.25) is 0 Å². The molecule has 0 aromatic heterocycles. The van der Waals surface area contributed by atoms with Crippen LogP contribution in [0.15, 0.2) is 29.3 Å². The standard InChI is InChI=1S/C16H11ClF6N2O/c1-7-2-9(18)12(25-14(24)6-17)5-13(7)26-15-10(19)3-8(4-11(15)20)16(21,22)23/h2-5H,6H2,1H3,(H2,24,25). The summed E-state index contributed by atoms with van der Waals surface area (Å²) in [7, 11) is 0. The highest BCUT2D eigenvalue weighted by molar-refractivity contribution is 6.28. The van der Waals surface area contributed by atoms with Crippen molar-refractivity contribution < 1.29 is 31.1 Å². The Morgan fingerprint density at radius 3 is 2.15 bits per heavy atom. The van der Waals surface area contributed by atoms with E-state index < -0.39 is 34.9 Å². The molecule has 26 heavy (non-hydrogen) atoms. The van der Waals surface area contributed by atoms with Crippen molar-refractivity contribution in [1.82, 2.24) is 0 Å². The zero-order valence-corrected chi connectivity index (χ0v) is 13.9. The van der Waals surface area contributed by atoms with Crippen molar-refractivity contribution in [3.05, 3.63) is 52.8 Å². The lowest BCUT2D eigenvalue weighted by Gasteiger charge is -2.14. The number of alkyl halides is 4. The number of hydrogen-bond donors (Lipinski definition) is 1. The van der Waals surface area contributed by atoms with E-state index in [0.717, 1.165) is 12.1 Å². The van der Waals surface area contributed by atoms with Crippen LogP contribution in [0.3, 0.4) is 0 Å². The summed E-state index contributed by atoms with van der Waals surface area (Å²) < 4.78 is 84.4. The van der Waals surface area contributed by atoms with Crippen LogP contribution in [0, 0.1) is 24.4 Å². The molecule has 140 valence electrons. The van der Waals surface area contributed by atoms with E-state index in [2.05, 4.69) is 4.99 Å². The first-order valence-electron chi connectivity index (χ1n) is 6.96. The first kappa shape index (κ1) is 19.9. The van der Waals surface area contributed by atoms with Gasteiger partial charge in [0.1, 0.15) is 23.1 Å². The second kappa shape index (κ2) is 7.45. The Labute approximate surface area is 149 Å². The average molecular weight is 397 g/mol. The third-order valence-corrected chi connectivity index (χ3v) is 3.46. The largest absolute Gasteiger partial charge is 0.451 e. The van der Waals surface area contributed by atoms with Crippen LogP contribution in [0.4, 0.5) is 32.0 Å². The predicted octanol–water partition coefficient (Wildman–Crippen LogP) is 5.45. The Morgan fingerprint density at radius 1 is 1.08 bits per heavy atom. The summed E-state index contributed by atoms with van der Waals surface area (Å²) in [4.78, 5) is 3.68. The Morgan fingerprint density at radius 2 is 1.65 bits per heavy atom. The number of amidine groups is 1. The molecule has 2 rings (SSSR count). The van der Waals surface area contributed by atoms with Crippen molar-refractivity contribution in [3.63, 3.8) is 0 Å². The maximum Gasteiger partial charge on any atom is 0.416 e. The highest BCUT2D eigenvalue weighted by atomic mass is 35.5. The summed E-state index contributed by atoms with van der Waals surface area (Å²) in [6, 6.07) is 2.17. The molecular weight excluding hydrogens is 386 g/mol. The third-order valence-electron chi connectivity index (χ3n) is 3.18. The molecule has 0 saturated heterocycles. The van der Waals surface area contributed by atoms with E-state index in [4.69, 9.17) is 22.1 Å². The first-order chi connectivity index (χ1) is 12.0. The lowest BCUT2D eigenvalue weighted by Crippen LogP contribution is -2.12. The number of halogens is 7. The number of ether oxygens (including phenoxy) is 1. The van der Waals surface area contributed by atoms with Gasteiger partial charge in [0.15, 0.2) is 17.4 Å². The van der Waals surface area contributed by atoms with E-state index >= 15 is 0 Å².